The quantitative estimate of drug-likeness (QED) is 0.352. The molecule has 2 heterocycles. The van der Waals surface area contributed by atoms with Gasteiger partial charge in [-0.05, 0) is 23.1 Å². The van der Waals surface area contributed by atoms with Gasteiger partial charge in [0.1, 0.15) is 17.7 Å². The normalized spacial score (nSPS) is 10.9. The lowest BCUT2D eigenvalue weighted by atomic mass is 10.1. The third kappa shape index (κ3) is 4.35. The summed E-state index contributed by atoms with van der Waals surface area (Å²) in [4.78, 5) is 37.4. The van der Waals surface area contributed by atoms with Crippen LogP contribution >= 0.6 is 0 Å². The molecule has 3 aromatic rings. The molecule has 2 aromatic heterocycles. The van der Waals surface area contributed by atoms with Crippen molar-refractivity contribution in [2.45, 2.75) is 13.5 Å². The minimum atomic E-state index is -1.08. The molecule has 11 heteroatoms. The highest BCUT2D eigenvalue weighted by Crippen LogP contribution is 2.25. The molecule has 0 bridgehead atoms. The van der Waals surface area contributed by atoms with E-state index in [1.54, 1.807) is 37.3 Å². The molecule has 0 saturated heterocycles. The molecule has 0 radical (unpaired) electrons. The number of carboxylic acid groups (broad SMARTS) is 1. The van der Waals surface area contributed by atoms with Crippen molar-refractivity contribution in [3.63, 3.8) is 0 Å². The van der Waals surface area contributed by atoms with Crippen LogP contribution in [0.25, 0.3) is 11.3 Å². The lowest BCUT2D eigenvalue weighted by Crippen LogP contribution is -2.24. The van der Waals surface area contributed by atoms with E-state index in [4.69, 9.17) is 4.42 Å². The number of nitrogens with zero attached hydrogens (tertiary/aromatic N) is 4. The summed E-state index contributed by atoms with van der Waals surface area (Å²) in [6.07, 6.45) is 2.31. The number of benzene rings is 1. The zero-order valence-electron chi connectivity index (χ0n) is 15.1. The van der Waals surface area contributed by atoms with Crippen LogP contribution in [0.15, 0.2) is 52.1 Å². The summed E-state index contributed by atoms with van der Waals surface area (Å²) in [6.45, 7) is 1.22. The SMILES string of the molecule is Cc1ncc([N+](=O)[O-])n1CC(=O)N/N=C\c1ccc(-c2ccccc2C(=O)O)o1. The molecule has 0 aliphatic heterocycles. The maximum atomic E-state index is 12.0. The van der Waals surface area contributed by atoms with Gasteiger partial charge in [-0.2, -0.15) is 5.10 Å². The molecule has 148 valence electrons. The van der Waals surface area contributed by atoms with Crippen LogP contribution in [0.4, 0.5) is 5.82 Å². The second-order valence-corrected chi connectivity index (χ2v) is 5.85. The smallest absolute Gasteiger partial charge is 0.343 e. The predicted molar refractivity (Wildman–Crippen MR) is 100 cm³/mol. The maximum absolute atomic E-state index is 12.0. The summed E-state index contributed by atoms with van der Waals surface area (Å²) in [5.74, 6) is -1.03. The van der Waals surface area contributed by atoms with Gasteiger partial charge < -0.3 is 19.6 Å². The van der Waals surface area contributed by atoms with Crippen LogP contribution in [-0.4, -0.2) is 37.7 Å². The Morgan fingerprint density at radius 2 is 2.10 bits per heavy atom. The number of aryl methyl sites for hydroxylation is 1. The molecule has 0 aliphatic carbocycles. The summed E-state index contributed by atoms with van der Waals surface area (Å²) in [7, 11) is 0. The number of hydrazone groups is 1. The molecule has 0 unspecified atom stereocenters. The standard InChI is InChI=1S/C18H15N5O6/c1-11-19-9-17(23(27)28)22(11)10-16(24)21-20-8-12-6-7-15(29-12)13-4-2-3-5-14(13)18(25)26/h2-9H,10H2,1H3,(H,21,24)(H,25,26)/b20-8-. The number of carbonyl (C=O) groups is 2. The number of nitro groups is 1. The number of aromatic nitrogens is 2. The lowest BCUT2D eigenvalue weighted by Gasteiger charge is -2.02. The minimum absolute atomic E-state index is 0.0935. The number of rotatable bonds is 7. The first-order chi connectivity index (χ1) is 13.9. The van der Waals surface area contributed by atoms with Gasteiger partial charge in [-0.25, -0.2) is 19.8 Å². The van der Waals surface area contributed by atoms with Gasteiger partial charge in [-0.1, -0.05) is 18.2 Å². The van der Waals surface area contributed by atoms with Crippen LogP contribution < -0.4 is 5.43 Å². The Balaban J connectivity index is 1.67. The maximum Gasteiger partial charge on any atom is 0.343 e. The molecule has 1 amide bonds. The fourth-order valence-electron chi connectivity index (χ4n) is 2.60. The Morgan fingerprint density at radius 1 is 1.34 bits per heavy atom. The summed E-state index contributed by atoms with van der Waals surface area (Å²) < 4.78 is 6.70. The molecular formula is C18H15N5O6. The number of imidazole rings is 1. The van der Waals surface area contributed by atoms with E-state index in [0.717, 1.165) is 10.8 Å². The predicted octanol–water partition coefficient (Wildman–Crippen LogP) is 2.21. The number of nitrogens with one attached hydrogen (secondary N) is 1. The van der Waals surface area contributed by atoms with E-state index < -0.39 is 16.8 Å². The first kappa shape index (κ1) is 19.5. The molecule has 29 heavy (non-hydrogen) atoms. The van der Waals surface area contributed by atoms with Crippen molar-refractivity contribution < 1.29 is 24.0 Å². The Labute approximate surface area is 163 Å². The van der Waals surface area contributed by atoms with Crippen LogP contribution in [0.2, 0.25) is 0 Å². The minimum Gasteiger partial charge on any atom is -0.478 e. The molecule has 11 nitrogen and oxygen atoms in total. The van der Waals surface area contributed by atoms with Crippen molar-refractivity contribution in [1.29, 1.82) is 0 Å². The third-order valence-electron chi connectivity index (χ3n) is 3.95. The van der Waals surface area contributed by atoms with Crippen LogP contribution in [0.3, 0.4) is 0 Å². The highest BCUT2D eigenvalue weighted by molar-refractivity contribution is 5.95. The van der Waals surface area contributed by atoms with Crippen molar-refractivity contribution in [3.8, 4) is 11.3 Å². The second-order valence-electron chi connectivity index (χ2n) is 5.85. The van der Waals surface area contributed by atoms with Gasteiger partial charge in [-0.3, -0.25) is 4.79 Å². The van der Waals surface area contributed by atoms with Gasteiger partial charge in [0.2, 0.25) is 0 Å². The molecule has 3 rings (SSSR count). The molecule has 0 spiro atoms. The van der Waals surface area contributed by atoms with Crippen molar-refractivity contribution in [3.05, 3.63) is 69.9 Å². The fourth-order valence-corrected chi connectivity index (χ4v) is 2.60. The van der Waals surface area contributed by atoms with Gasteiger partial charge in [0.25, 0.3) is 5.91 Å². The van der Waals surface area contributed by atoms with Gasteiger partial charge in [0.15, 0.2) is 12.4 Å². The highest BCUT2D eigenvalue weighted by atomic mass is 16.6. The number of carboxylic acids is 1. The van der Waals surface area contributed by atoms with E-state index in [2.05, 4.69) is 15.5 Å². The zero-order valence-corrected chi connectivity index (χ0v) is 15.1. The van der Waals surface area contributed by atoms with Crippen LogP contribution in [0, 0.1) is 17.0 Å². The van der Waals surface area contributed by atoms with E-state index in [1.165, 1.54) is 12.3 Å². The number of hydrogen-bond donors (Lipinski definition) is 2. The van der Waals surface area contributed by atoms with Crippen molar-refractivity contribution in [2.24, 2.45) is 5.10 Å². The van der Waals surface area contributed by atoms with Crippen molar-refractivity contribution in [1.82, 2.24) is 15.0 Å². The van der Waals surface area contributed by atoms with E-state index in [1.807, 2.05) is 0 Å². The summed E-state index contributed by atoms with van der Waals surface area (Å²) in [5, 5.41) is 23.9. The van der Waals surface area contributed by atoms with E-state index in [-0.39, 0.29) is 23.7 Å². The number of carbonyl (C=O) groups excluding carboxylic acids is 1. The Morgan fingerprint density at radius 3 is 2.83 bits per heavy atom. The van der Waals surface area contributed by atoms with Crippen molar-refractivity contribution >= 4 is 23.9 Å². The van der Waals surface area contributed by atoms with Crippen molar-refractivity contribution in [2.75, 3.05) is 0 Å². The topological polar surface area (TPSA) is 153 Å². The molecule has 2 N–H and O–H groups in total. The summed E-state index contributed by atoms with van der Waals surface area (Å²) in [6, 6.07) is 9.53. The monoisotopic (exact) mass is 397 g/mol. The van der Waals surface area contributed by atoms with Crippen LogP contribution in [-0.2, 0) is 11.3 Å². The lowest BCUT2D eigenvalue weighted by molar-refractivity contribution is -0.392. The largest absolute Gasteiger partial charge is 0.478 e. The number of furan rings is 1. The summed E-state index contributed by atoms with van der Waals surface area (Å²) >= 11 is 0. The molecule has 1 aromatic carbocycles. The van der Waals surface area contributed by atoms with Gasteiger partial charge in [0, 0.05) is 12.5 Å². The average Bonchev–Trinajstić information content (AvgIpc) is 3.29. The molecule has 0 aliphatic rings. The number of amides is 1. The fraction of sp³-hybridized carbons (Fsp3) is 0.111. The summed E-state index contributed by atoms with van der Waals surface area (Å²) in [5.41, 5.74) is 2.75. The first-order valence-electron chi connectivity index (χ1n) is 8.27. The van der Waals surface area contributed by atoms with E-state index in [9.17, 15) is 24.8 Å². The Kier molecular flexibility index (Phi) is 5.49. The Hall–Kier alpha value is -4.28. The van der Waals surface area contributed by atoms with Gasteiger partial charge >= 0.3 is 11.8 Å². The number of hydrogen-bond acceptors (Lipinski definition) is 7. The third-order valence-corrected chi connectivity index (χ3v) is 3.95. The average molecular weight is 397 g/mol. The highest BCUT2D eigenvalue weighted by Gasteiger charge is 2.20. The van der Waals surface area contributed by atoms with Gasteiger partial charge in [0.05, 0.1) is 11.8 Å². The molecule has 0 atom stereocenters. The van der Waals surface area contributed by atoms with Crippen LogP contribution in [0.5, 0.6) is 0 Å². The first-order valence-corrected chi connectivity index (χ1v) is 8.27. The molecule has 0 fully saturated rings. The second kappa shape index (κ2) is 8.17. The Bertz CT molecular complexity index is 1110. The van der Waals surface area contributed by atoms with Gasteiger partial charge in [-0.15, -0.1) is 0 Å². The molecule has 0 saturated carbocycles. The van der Waals surface area contributed by atoms with E-state index >= 15 is 0 Å². The van der Waals surface area contributed by atoms with Crippen LogP contribution in [0.1, 0.15) is 21.9 Å². The van der Waals surface area contributed by atoms with E-state index in [0.29, 0.717) is 17.1 Å². The zero-order chi connectivity index (χ0) is 21.0. The molecular weight excluding hydrogens is 382 g/mol. The number of aromatic carboxylic acids is 1.